The highest BCUT2D eigenvalue weighted by molar-refractivity contribution is 7.91. The SMILES string of the molecule is CO[C@@H]1[C@@H](CS(=O)(=O)c2ccccc2)[C@H](CC=O)O[C@@H]1C(CO[Si](C)(C)C(C)(C)C)O[Si](C)(C)C(C)(C)C. The Labute approximate surface area is 233 Å². The molecule has 1 saturated heterocycles. The molecule has 1 heterocycles. The first-order chi connectivity index (χ1) is 17.3. The van der Waals surface area contributed by atoms with Crippen molar-refractivity contribution in [3.05, 3.63) is 30.3 Å². The Balaban J connectivity index is 2.47. The lowest BCUT2D eigenvalue weighted by Gasteiger charge is -2.43. The predicted molar refractivity (Wildman–Crippen MR) is 157 cm³/mol. The molecule has 0 bridgehead atoms. The molecule has 1 aromatic rings. The van der Waals surface area contributed by atoms with Crippen LogP contribution in [0, 0.1) is 5.92 Å². The van der Waals surface area contributed by atoms with Crippen LogP contribution < -0.4 is 0 Å². The van der Waals surface area contributed by atoms with Crippen molar-refractivity contribution in [1.29, 1.82) is 0 Å². The number of aldehydes is 1. The Bertz CT molecular complexity index is 1010. The van der Waals surface area contributed by atoms with Crippen molar-refractivity contribution < 1.29 is 31.5 Å². The van der Waals surface area contributed by atoms with E-state index in [1.807, 2.05) is 0 Å². The molecule has 38 heavy (non-hydrogen) atoms. The fraction of sp³-hybridized carbons (Fsp3) is 0.750. The first-order valence-corrected chi connectivity index (χ1v) is 21.0. The highest BCUT2D eigenvalue weighted by Crippen LogP contribution is 2.42. The van der Waals surface area contributed by atoms with Crippen molar-refractivity contribution in [3.63, 3.8) is 0 Å². The maximum absolute atomic E-state index is 13.4. The third-order valence-corrected chi connectivity index (χ3v) is 19.5. The van der Waals surface area contributed by atoms with Crippen LogP contribution in [0.2, 0.25) is 36.3 Å². The topological polar surface area (TPSA) is 88.1 Å². The number of rotatable bonds is 12. The number of ether oxygens (including phenoxy) is 2. The number of methoxy groups -OCH3 is 1. The molecule has 7 nitrogen and oxygen atoms in total. The average Bonchev–Trinajstić information content (AvgIpc) is 3.12. The molecule has 0 aromatic heterocycles. The van der Waals surface area contributed by atoms with Gasteiger partial charge in [0.25, 0.3) is 0 Å². The van der Waals surface area contributed by atoms with E-state index in [2.05, 4.69) is 67.7 Å². The molecule has 1 aliphatic heterocycles. The molecule has 10 heteroatoms. The summed E-state index contributed by atoms with van der Waals surface area (Å²) in [5, 5.41) is -0.0420. The average molecular weight is 587 g/mol. The minimum Gasteiger partial charge on any atom is -0.414 e. The van der Waals surface area contributed by atoms with E-state index in [-0.39, 0.29) is 27.1 Å². The fourth-order valence-corrected chi connectivity index (χ4v) is 8.21. The first kappa shape index (κ1) is 33.3. The van der Waals surface area contributed by atoms with Crippen LogP contribution in [0.4, 0.5) is 0 Å². The number of carbonyl (C=O) groups is 1. The molecule has 0 saturated carbocycles. The van der Waals surface area contributed by atoms with E-state index in [9.17, 15) is 13.2 Å². The van der Waals surface area contributed by atoms with E-state index in [0.717, 1.165) is 6.29 Å². The van der Waals surface area contributed by atoms with Gasteiger partial charge in [0, 0.05) is 19.4 Å². The van der Waals surface area contributed by atoms with E-state index >= 15 is 0 Å². The van der Waals surface area contributed by atoms with Gasteiger partial charge in [0.15, 0.2) is 26.5 Å². The van der Waals surface area contributed by atoms with Crippen molar-refractivity contribution >= 4 is 32.8 Å². The molecule has 0 radical (unpaired) electrons. The molecule has 0 spiro atoms. The van der Waals surface area contributed by atoms with Crippen LogP contribution in [0.3, 0.4) is 0 Å². The van der Waals surface area contributed by atoms with Gasteiger partial charge in [-0.3, -0.25) is 0 Å². The quantitative estimate of drug-likeness (QED) is 0.224. The number of benzene rings is 1. The summed E-state index contributed by atoms with van der Waals surface area (Å²) in [4.78, 5) is 11.9. The van der Waals surface area contributed by atoms with Gasteiger partial charge in [-0.05, 0) is 48.4 Å². The first-order valence-electron chi connectivity index (χ1n) is 13.5. The zero-order valence-corrected chi connectivity index (χ0v) is 28.1. The highest BCUT2D eigenvalue weighted by atomic mass is 32.2. The van der Waals surface area contributed by atoms with Gasteiger partial charge in [-0.1, -0.05) is 59.7 Å². The summed E-state index contributed by atoms with van der Waals surface area (Å²) in [7, 11) is -6.45. The summed E-state index contributed by atoms with van der Waals surface area (Å²) in [6, 6.07) is 8.38. The second-order valence-corrected chi connectivity index (χ2v) is 25.1. The second kappa shape index (κ2) is 12.3. The summed E-state index contributed by atoms with van der Waals surface area (Å²) in [5.41, 5.74) is 0. The summed E-state index contributed by atoms with van der Waals surface area (Å²) >= 11 is 0. The number of carbonyl (C=O) groups excluding carboxylic acids is 1. The van der Waals surface area contributed by atoms with Crippen LogP contribution in [-0.4, -0.2) is 75.2 Å². The normalized spacial score (nSPS) is 24.4. The maximum Gasteiger partial charge on any atom is 0.192 e. The molecule has 1 fully saturated rings. The molecule has 5 atom stereocenters. The van der Waals surface area contributed by atoms with Gasteiger partial charge in [-0.2, -0.15) is 0 Å². The lowest BCUT2D eigenvalue weighted by Crippen LogP contribution is -2.53. The molecule has 2 rings (SSSR count). The third-order valence-electron chi connectivity index (χ3n) is 8.70. The summed E-state index contributed by atoms with van der Waals surface area (Å²) in [5.74, 6) is -0.709. The highest BCUT2D eigenvalue weighted by Gasteiger charge is 2.52. The Morgan fingerprint density at radius 3 is 2.00 bits per heavy atom. The lowest BCUT2D eigenvalue weighted by atomic mass is 9.94. The largest absolute Gasteiger partial charge is 0.414 e. The number of sulfone groups is 1. The zero-order valence-electron chi connectivity index (χ0n) is 25.2. The smallest absolute Gasteiger partial charge is 0.192 e. The minimum absolute atomic E-state index is 0.0120. The van der Waals surface area contributed by atoms with Crippen molar-refractivity contribution in [2.45, 2.75) is 114 Å². The van der Waals surface area contributed by atoms with Crippen LogP contribution >= 0.6 is 0 Å². The lowest BCUT2D eigenvalue weighted by molar-refractivity contribution is -0.113. The number of hydrogen-bond donors (Lipinski definition) is 0. The molecule has 1 aromatic carbocycles. The molecule has 0 N–H and O–H groups in total. The van der Waals surface area contributed by atoms with E-state index in [1.165, 1.54) is 0 Å². The summed E-state index contributed by atoms with van der Waals surface area (Å²) < 4.78 is 52.7. The van der Waals surface area contributed by atoms with Gasteiger partial charge < -0.3 is 23.1 Å². The van der Waals surface area contributed by atoms with Gasteiger partial charge in [-0.25, -0.2) is 8.42 Å². The van der Waals surface area contributed by atoms with Crippen molar-refractivity contribution in [2.24, 2.45) is 5.92 Å². The van der Waals surface area contributed by atoms with Crippen molar-refractivity contribution in [3.8, 4) is 0 Å². The van der Waals surface area contributed by atoms with Crippen LogP contribution in [-0.2, 0) is 33.0 Å². The third kappa shape index (κ3) is 7.86. The predicted octanol–water partition coefficient (Wildman–Crippen LogP) is 5.86. The standard InChI is InChI=1S/C28H50O7SSi2/c1-27(2,3)37(8,9)33-19-24(35-38(10,11)28(4,5)6)26-25(32-7)22(23(34-26)17-18-29)20-36(30,31)21-15-13-12-14-16-21/h12-16,18,22-26H,17,19-20H2,1-11H3/t22-,23-,24?,25+,26+/m0/s1. The summed E-state index contributed by atoms with van der Waals surface area (Å²) in [6.07, 6.45) is -1.33. The molecular weight excluding hydrogens is 537 g/mol. The van der Waals surface area contributed by atoms with Crippen LogP contribution in [0.1, 0.15) is 48.0 Å². The Morgan fingerprint density at radius 2 is 1.53 bits per heavy atom. The molecule has 218 valence electrons. The molecular formula is C28H50O7SSi2. The van der Waals surface area contributed by atoms with E-state index in [0.29, 0.717) is 6.61 Å². The van der Waals surface area contributed by atoms with Crippen molar-refractivity contribution in [2.75, 3.05) is 19.5 Å². The maximum atomic E-state index is 13.4. The van der Waals surface area contributed by atoms with Gasteiger partial charge >= 0.3 is 0 Å². The molecule has 0 amide bonds. The fourth-order valence-electron chi connectivity index (χ4n) is 4.21. The van der Waals surface area contributed by atoms with Gasteiger partial charge in [-0.15, -0.1) is 0 Å². The van der Waals surface area contributed by atoms with E-state index < -0.39 is 56.8 Å². The Hall–Kier alpha value is -0.886. The van der Waals surface area contributed by atoms with E-state index in [1.54, 1.807) is 37.4 Å². The van der Waals surface area contributed by atoms with Gasteiger partial charge in [0.05, 0.1) is 35.6 Å². The van der Waals surface area contributed by atoms with Crippen LogP contribution in [0.15, 0.2) is 35.2 Å². The van der Waals surface area contributed by atoms with Crippen LogP contribution in [0.5, 0.6) is 0 Å². The minimum atomic E-state index is -3.63. The second-order valence-electron chi connectivity index (χ2n) is 13.5. The van der Waals surface area contributed by atoms with Crippen LogP contribution in [0.25, 0.3) is 0 Å². The monoisotopic (exact) mass is 586 g/mol. The van der Waals surface area contributed by atoms with Crippen molar-refractivity contribution in [1.82, 2.24) is 0 Å². The zero-order chi connectivity index (χ0) is 29.2. The van der Waals surface area contributed by atoms with Gasteiger partial charge in [0.2, 0.25) is 0 Å². The molecule has 1 unspecified atom stereocenters. The molecule has 1 aliphatic rings. The van der Waals surface area contributed by atoms with E-state index in [4.69, 9.17) is 18.3 Å². The Kier molecular flexibility index (Phi) is 10.8. The molecule has 0 aliphatic carbocycles. The van der Waals surface area contributed by atoms with Gasteiger partial charge in [0.1, 0.15) is 12.4 Å². The Morgan fingerprint density at radius 1 is 0.974 bits per heavy atom. The summed E-state index contributed by atoms with van der Waals surface area (Å²) in [6.45, 7) is 22.2. The number of hydrogen-bond acceptors (Lipinski definition) is 7.